The van der Waals surface area contributed by atoms with Gasteiger partial charge in [0.2, 0.25) is 5.91 Å². The van der Waals surface area contributed by atoms with Crippen LogP contribution in [0.2, 0.25) is 0 Å². The summed E-state index contributed by atoms with van der Waals surface area (Å²) in [5, 5.41) is 2.68. The molecule has 0 heterocycles. The first-order chi connectivity index (χ1) is 8.17. The van der Waals surface area contributed by atoms with Gasteiger partial charge in [-0.15, -0.1) is 0 Å². The highest BCUT2D eigenvalue weighted by molar-refractivity contribution is 5.79. The third-order valence-electron chi connectivity index (χ3n) is 2.25. The van der Waals surface area contributed by atoms with Gasteiger partial charge in [-0.25, -0.2) is 0 Å². The zero-order valence-corrected chi connectivity index (χ0v) is 10.2. The first-order valence-corrected chi connectivity index (χ1v) is 5.62. The van der Waals surface area contributed by atoms with Gasteiger partial charge in [0.15, 0.2) is 6.29 Å². The van der Waals surface area contributed by atoms with Crippen molar-refractivity contribution in [3.8, 4) is 5.75 Å². The highest BCUT2D eigenvalue weighted by Gasteiger charge is 2.04. The van der Waals surface area contributed by atoms with Gasteiger partial charge in [-0.05, 0) is 26.0 Å². The number of carbonyl (C=O) groups excluding carboxylic acids is 2. The Balaban J connectivity index is 2.51. The van der Waals surface area contributed by atoms with Crippen LogP contribution in [0.25, 0.3) is 0 Å². The number of aryl methyl sites for hydroxylation is 1. The third-order valence-corrected chi connectivity index (χ3v) is 2.25. The fraction of sp³-hybridized carbons (Fsp3) is 0.385. The Morgan fingerprint density at radius 2 is 2.24 bits per heavy atom. The largest absolute Gasteiger partial charge is 0.492 e. The molecular weight excluding hydrogens is 218 g/mol. The van der Waals surface area contributed by atoms with E-state index in [-0.39, 0.29) is 12.5 Å². The molecule has 0 saturated carbocycles. The van der Waals surface area contributed by atoms with Crippen LogP contribution in [0.15, 0.2) is 18.2 Å². The number of amides is 1. The van der Waals surface area contributed by atoms with Gasteiger partial charge in [0.05, 0.1) is 18.6 Å². The summed E-state index contributed by atoms with van der Waals surface area (Å²) in [4.78, 5) is 22.0. The van der Waals surface area contributed by atoms with Crippen molar-refractivity contribution in [1.82, 2.24) is 5.32 Å². The number of ether oxygens (including phenoxy) is 1. The first-order valence-electron chi connectivity index (χ1n) is 5.62. The average molecular weight is 235 g/mol. The van der Waals surface area contributed by atoms with Gasteiger partial charge >= 0.3 is 0 Å². The summed E-state index contributed by atoms with van der Waals surface area (Å²) >= 11 is 0. The van der Waals surface area contributed by atoms with E-state index in [2.05, 4.69) is 5.32 Å². The maximum Gasteiger partial charge on any atom is 0.223 e. The van der Waals surface area contributed by atoms with E-state index in [0.717, 1.165) is 11.8 Å². The molecule has 0 spiro atoms. The fourth-order valence-corrected chi connectivity index (χ4v) is 1.43. The zero-order chi connectivity index (χ0) is 12.7. The van der Waals surface area contributed by atoms with E-state index in [0.29, 0.717) is 24.3 Å². The molecule has 1 amide bonds. The Morgan fingerprint density at radius 3 is 2.88 bits per heavy atom. The van der Waals surface area contributed by atoms with Crippen LogP contribution in [0.5, 0.6) is 5.75 Å². The topological polar surface area (TPSA) is 55.4 Å². The number of benzene rings is 1. The number of rotatable bonds is 6. The van der Waals surface area contributed by atoms with Gasteiger partial charge in [0, 0.05) is 6.54 Å². The maximum atomic E-state index is 11.2. The molecule has 0 aromatic heterocycles. The van der Waals surface area contributed by atoms with Crippen LogP contribution in [0.3, 0.4) is 0 Å². The van der Waals surface area contributed by atoms with Crippen molar-refractivity contribution >= 4 is 12.2 Å². The molecule has 0 aliphatic rings. The lowest BCUT2D eigenvalue weighted by molar-refractivity contribution is -0.121. The lowest BCUT2D eigenvalue weighted by Gasteiger charge is -2.08. The van der Waals surface area contributed by atoms with Crippen molar-refractivity contribution in [3.05, 3.63) is 29.3 Å². The zero-order valence-electron chi connectivity index (χ0n) is 10.2. The van der Waals surface area contributed by atoms with E-state index >= 15 is 0 Å². The van der Waals surface area contributed by atoms with E-state index in [1.165, 1.54) is 0 Å². The van der Waals surface area contributed by atoms with E-state index in [1.807, 2.05) is 19.9 Å². The third kappa shape index (κ3) is 4.26. The van der Waals surface area contributed by atoms with Crippen LogP contribution in [0.1, 0.15) is 29.3 Å². The minimum Gasteiger partial charge on any atom is -0.492 e. The van der Waals surface area contributed by atoms with Crippen LogP contribution in [0.4, 0.5) is 0 Å². The molecule has 1 N–H and O–H groups in total. The minimum absolute atomic E-state index is 0.0488. The van der Waals surface area contributed by atoms with Crippen molar-refractivity contribution in [1.29, 1.82) is 0 Å². The van der Waals surface area contributed by atoms with Crippen LogP contribution < -0.4 is 10.1 Å². The van der Waals surface area contributed by atoms with E-state index in [9.17, 15) is 9.59 Å². The molecule has 1 rings (SSSR count). The van der Waals surface area contributed by atoms with Crippen LogP contribution >= 0.6 is 0 Å². The summed E-state index contributed by atoms with van der Waals surface area (Å²) in [5.74, 6) is 0.474. The lowest BCUT2D eigenvalue weighted by atomic mass is 10.1. The van der Waals surface area contributed by atoms with Crippen LogP contribution in [-0.2, 0) is 4.79 Å². The SMILES string of the molecule is CCNC(=O)CCOc1ccc(C)cc1C=O. The van der Waals surface area contributed by atoms with Crippen LogP contribution in [0, 0.1) is 6.92 Å². The van der Waals surface area contributed by atoms with Crippen molar-refractivity contribution in [3.63, 3.8) is 0 Å². The Labute approximate surface area is 101 Å². The molecule has 1 aromatic rings. The quantitative estimate of drug-likeness (QED) is 0.764. The number of hydrogen-bond donors (Lipinski definition) is 1. The molecule has 17 heavy (non-hydrogen) atoms. The molecule has 0 unspecified atom stereocenters. The summed E-state index contributed by atoms with van der Waals surface area (Å²) < 4.78 is 5.41. The summed E-state index contributed by atoms with van der Waals surface area (Å²) in [6, 6.07) is 5.37. The van der Waals surface area contributed by atoms with Gasteiger partial charge in [-0.3, -0.25) is 9.59 Å². The van der Waals surface area contributed by atoms with Crippen molar-refractivity contribution in [2.45, 2.75) is 20.3 Å². The lowest BCUT2D eigenvalue weighted by Crippen LogP contribution is -2.24. The average Bonchev–Trinajstić information content (AvgIpc) is 2.31. The van der Waals surface area contributed by atoms with Gasteiger partial charge in [0.25, 0.3) is 0 Å². The minimum atomic E-state index is -0.0488. The molecule has 0 fully saturated rings. The summed E-state index contributed by atoms with van der Waals surface area (Å²) in [5.41, 5.74) is 1.52. The summed E-state index contributed by atoms with van der Waals surface area (Å²) in [6.07, 6.45) is 1.05. The highest BCUT2D eigenvalue weighted by atomic mass is 16.5. The Morgan fingerprint density at radius 1 is 1.47 bits per heavy atom. The molecule has 0 aliphatic heterocycles. The van der Waals surface area contributed by atoms with Gasteiger partial charge in [-0.2, -0.15) is 0 Å². The standard InChI is InChI=1S/C13H17NO3/c1-3-14-13(16)6-7-17-12-5-4-10(2)8-11(12)9-15/h4-5,8-9H,3,6-7H2,1-2H3,(H,14,16). The summed E-state index contributed by atoms with van der Waals surface area (Å²) in [7, 11) is 0. The maximum absolute atomic E-state index is 11.2. The summed E-state index contributed by atoms with van der Waals surface area (Å²) in [6.45, 7) is 4.66. The predicted octanol–water partition coefficient (Wildman–Crippen LogP) is 1.71. The Hall–Kier alpha value is -1.84. The highest BCUT2D eigenvalue weighted by Crippen LogP contribution is 2.18. The number of carbonyl (C=O) groups is 2. The molecule has 92 valence electrons. The van der Waals surface area contributed by atoms with Gasteiger partial charge in [-0.1, -0.05) is 11.6 Å². The van der Waals surface area contributed by atoms with Crippen molar-refractivity contribution in [2.75, 3.05) is 13.2 Å². The second kappa shape index (κ2) is 6.68. The molecule has 4 nitrogen and oxygen atoms in total. The number of hydrogen-bond acceptors (Lipinski definition) is 3. The molecule has 1 aromatic carbocycles. The van der Waals surface area contributed by atoms with Gasteiger partial charge in [0.1, 0.15) is 5.75 Å². The molecule has 0 saturated heterocycles. The Kier molecular flexibility index (Phi) is 5.20. The van der Waals surface area contributed by atoms with E-state index in [1.54, 1.807) is 12.1 Å². The first kappa shape index (κ1) is 13.2. The normalized spacial score (nSPS) is 9.76. The fourth-order valence-electron chi connectivity index (χ4n) is 1.43. The molecule has 0 atom stereocenters. The van der Waals surface area contributed by atoms with E-state index < -0.39 is 0 Å². The van der Waals surface area contributed by atoms with Crippen molar-refractivity contribution < 1.29 is 14.3 Å². The molecular formula is C13H17NO3. The van der Waals surface area contributed by atoms with Crippen LogP contribution in [-0.4, -0.2) is 25.3 Å². The predicted molar refractivity (Wildman–Crippen MR) is 65.4 cm³/mol. The Bertz CT molecular complexity index is 402. The molecule has 0 bridgehead atoms. The molecule has 0 aliphatic carbocycles. The number of aldehydes is 1. The smallest absolute Gasteiger partial charge is 0.223 e. The van der Waals surface area contributed by atoms with Crippen molar-refractivity contribution in [2.24, 2.45) is 0 Å². The number of nitrogens with one attached hydrogen (secondary N) is 1. The second-order valence-electron chi connectivity index (χ2n) is 3.71. The second-order valence-corrected chi connectivity index (χ2v) is 3.71. The van der Waals surface area contributed by atoms with E-state index in [4.69, 9.17) is 4.74 Å². The monoisotopic (exact) mass is 235 g/mol. The molecule has 4 heteroatoms. The van der Waals surface area contributed by atoms with Gasteiger partial charge < -0.3 is 10.1 Å². The molecule has 0 radical (unpaired) electrons.